The van der Waals surface area contributed by atoms with E-state index in [0.717, 1.165) is 44.9 Å². The molecule has 0 bridgehead atoms. The summed E-state index contributed by atoms with van der Waals surface area (Å²) in [6.07, 6.45) is 7.93. The highest BCUT2D eigenvalue weighted by atomic mass is 31.2. The second-order valence-electron chi connectivity index (χ2n) is 12.4. The van der Waals surface area contributed by atoms with E-state index in [1.54, 1.807) is 0 Å². The molecule has 0 radical (unpaired) electrons. The summed E-state index contributed by atoms with van der Waals surface area (Å²) in [4.78, 5) is 22.8. The first-order valence-electron chi connectivity index (χ1n) is 17.4. The molecule has 0 aromatic carbocycles. The third kappa shape index (κ3) is 19.1. The quantitative estimate of drug-likeness (QED) is 0.0383. The standard InChI is InChI=1S/C32H63O12P/c1-3-5-7-9-11-12-13-14-16-18-20-22-41-23-25(43-26(33)21-19-17-15-10-8-6-4-2)24-42-45(39,40)44-32-30(37)28(35)27(34)29(36)31(32)38/h25,27-32,34-38H,3-24H2,1-2H3,(H,39,40). The molecular weight excluding hydrogens is 607 g/mol. The number of carbonyl (C=O) groups excluding carboxylic acids is 1. The fraction of sp³-hybridized carbons (Fsp3) is 0.969. The van der Waals surface area contributed by atoms with E-state index in [2.05, 4.69) is 13.8 Å². The van der Waals surface area contributed by atoms with Crippen LogP contribution in [0, 0.1) is 0 Å². The van der Waals surface area contributed by atoms with Crippen LogP contribution in [0.25, 0.3) is 0 Å². The summed E-state index contributed by atoms with van der Waals surface area (Å²) in [5.74, 6) is -0.484. The van der Waals surface area contributed by atoms with Crippen molar-refractivity contribution in [3.63, 3.8) is 0 Å². The van der Waals surface area contributed by atoms with Gasteiger partial charge in [-0.3, -0.25) is 13.8 Å². The van der Waals surface area contributed by atoms with E-state index < -0.39 is 63.1 Å². The highest BCUT2D eigenvalue weighted by molar-refractivity contribution is 7.47. The Morgan fingerprint density at radius 2 is 1.04 bits per heavy atom. The van der Waals surface area contributed by atoms with Crippen molar-refractivity contribution in [3.05, 3.63) is 0 Å². The van der Waals surface area contributed by atoms with E-state index >= 15 is 0 Å². The van der Waals surface area contributed by atoms with E-state index in [-0.39, 0.29) is 13.0 Å². The Morgan fingerprint density at radius 1 is 0.622 bits per heavy atom. The van der Waals surface area contributed by atoms with Crippen LogP contribution in [-0.2, 0) is 27.9 Å². The van der Waals surface area contributed by atoms with E-state index in [1.807, 2.05) is 0 Å². The van der Waals surface area contributed by atoms with Crippen LogP contribution < -0.4 is 0 Å². The molecule has 45 heavy (non-hydrogen) atoms. The van der Waals surface area contributed by atoms with Crippen molar-refractivity contribution >= 4 is 13.8 Å². The van der Waals surface area contributed by atoms with Gasteiger partial charge in [0.05, 0.1) is 13.2 Å². The summed E-state index contributed by atoms with van der Waals surface area (Å²) in [6.45, 7) is 4.16. The Balaban J connectivity index is 2.51. The summed E-state index contributed by atoms with van der Waals surface area (Å²) in [5.41, 5.74) is 0. The average Bonchev–Trinajstić information content (AvgIpc) is 3.01. The Bertz CT molecular complexity index is 771. The molecule has 0 aliphatic heterocycles. The van der Waals surface area contributed by atoms with Gasteiger partial charge in [-0.2, -0.15) is 0 Å². The van der Waals surface area contributed by atoms with Crippen molar-refractivity contribution in [2.75, 3.05) is 19.8 Å². The number of hydrogen-bond acceptors (Lipinski definition) is 11. The fourth-order valence-corrected chi connectivity index (χ4v) is 6.33. The summed E-state index contributed by atoms with van der Waals surface area (Å²) in [5, 5.41) is 49.7. The molecule has 0 heterocycles. The molecule has 6 N–H and O–H groups in total. The molecule has 1 saturated carbocycles. The molecule has 0 amide bonds. The van der Waals surface area contributed by atoms with Crippen LogP contribution in [0.2, 0.25) is 0 Å². The van der Waals surface area contributed by atoms with Crippen molar-refractivity contribution in [1.82, 2.24) is 0 Å². The lowest BCUT2D eigenvalue weighted by Crippen LogP contribution is -2.64. The topological polar surface area (TPSA) is 192 Å². The van der Waals surface area contributed by atoms with E-state index in [1.165, 1.54) is 64.2 Å². The van der Waals surface area contributed by atoms with Gasteiger partial charge in [0.15, 0.2) is 0 Å². The number of carbonyl (C=O) groups is 1. The molecular formula is C32H63O12P. The molecule has 0 saturated heterocycles. The third-order valence-electron chi connectivity index (χ3n) is 8.23. The van der Waals surface area contributed by atoms with Gasteiger partial charge in [0.2, 0.25) is 0 Å². The lowest BCUT2D eigenvalue weighted by atomic mass is 9.85. The molecule has 268 valence electrons. The van der Waals surface area contributed by atoms with Crippen LogP contribution in [0.5, 0.6) is 0 Å². The molecule has 1 aliphatic carbocycles. The fourth-order valence-electron chi connectivity index (χ4n) is 5.35. The maximum Gasteiger partial charge on any atom is 0.472 e. The van der Waals surface area contributed by atoms with Crippen LogP contribution >= 0.6 is 7.82 Å². The summed E-state index contributed by atoms with van der Waals surface area (Å²) in [7, 11) is -4.99. The first-order chi connectivity index (χ1) is 21.5. The Kier molecular flexibility index (Phi) is 23.9. The number of ether oxygens (including phenoxy) is 2. The van der Waals surface area contributed by atoms with Crippen LogP contribution in [0.15, 0.2) is 0 Å². The van der Waals surface area contributed by atoms with Crippen LogP contribution in [0.4, 0.5) is 0 Å². The van der Waals surface area contributed by atoms with E-state index in [0.29, 0.717) is 13.0 Å². The summed E-state index contributed by atoms with van der Waals surface area (Å²) >= 11 is 0. The minimum Gasteiger partial charge on any atom is -0.457 e. The second-order valence-corrected chi connectivity index (χ2v) is 13.8. The van der Waals surface area contributed by atoms with Crippen molar-refractivity contribution in [2.24, 2.45) is 0 Å². The van der Waals surface area contributed by atoms with Gasteiger partial charge in [-0.15, -0.1) is 0 Å². The second kappa shape index (κ2) is 25.4. The average molecular weight is 671 g/mol. The monoisotopic (exact) mass is 670 g/mol. The van der Waals surface area contributed by atoms with Gasteiger partial charge >= 0.3 is 13.8 Å². The predicted molar refractivity (Wildman–Crippen MR) is 170 cm³/mol. The van der Waals surface area contributed by atoms with E-state index in [9.17, 15) is 39.8 Å². The maximum absolute atomic E-state index is 12.6. The van der Waals surface area contributed by atoms with E-state index in [4.69, 9.17) is 18.5 Å². The van der Waals surface area contributed by atoms with Crippen molar-refractivity contribution in [1.29, 1.82) is 0 Å². The zero-order valence-corrected chi connectivity index (χ0v) is 28.6. The minimum absolute atomic E-state index is 0.0706. The number of aliphatic hydroxyl groups excluding tert-OH is 5. The van der Waals surface area contributed by atoms with Crippen molar-refractivity contribution in [2.45, 2.75) is 179 Å². The van der Waals surface area contributed by atoms with Gasteiger partial charge in [-0.1, -0.05) is 117 Å². The van der Waals surface area contributed by atoms with Crippen LogP contribution in [0.3, 0.4) is 0 Å². The van der Waals surface area contributed by atoms with Crippen molar-refractivity contribution in [3.8, 4) is 0 Å². The number of phosphoric ester groups is 1. The van der Waals surface area contributed by atoms with Gasteiger partial charge < -0.3 is 39.9 Å². The molecule has 0 aromatic heterocycles. The van der Waals surface area contributed by atoms with Gasteiger partial charge in [0.25, 0.3) is 0 Å². The molecule has 13 heteroatoms. The summed E-state index contributed by atoms with van der Waals surface area (Å²) < 4.78 is 33.7. The third-order valence-corrected chi connectivity index (χ3v) is 9.22. The lowest BCUT2D eigenvalue weighted by molar-refractivity contribution is -0.220. The van der Waals surface area contributed by atoms with Crippen LogP contribution in [0.1, 0.15) is 136 Å². The molecule has 6 atom stereocenters. The zero-order valence-electron chi connectivity index (χ0n) is 27.7. The first-order valence-corrected chi connectivity index (χ1v) is 18.9. The lowest BCUT2D eigenvalue weighted by Gasteiger charge is -2.41. The highest BCUT2D eigenvalue weighted by Crippen LogP contribution is 2.47. The predicted octanol–water partition coefficient (Wildman–Crippen LogP) is 4.69. The smallest absolute Gasteiger partial charge is 0.457 e. The normalized spacial score (nSPS) is 25.6. The molecule has 1 rings (SSSR count). The Labute approximate surface area is 270 Å². The first kappa shape index (κ1) is 42.4. The van der Waals surface area contributed by atoms with Crippen LogP contribution in [-0.4, -0.2) is 98.9 Å². The molecule has 0 spiro atoms. The Morgan fingerprint density at radius 3 is 1.53 bits per heavy atom. The molecule has 0 aromatic rings. The molecule has 1 aliphatic rings. The highest BCUT2D eigenvalue weighted by Gasteiger charge is 2.51. The molecule has 12 nitrogen and oxygen atoms in total. The number of esters is 1. The van der Waals surface area contributed by atoms with Gasteiger partial charge in [0.1, 0.15) is 42.7 Å². The van der Waals surface area contributed by atoms with Gasteiger partial charge in [-0.25, -0.2) is 4.57 Å². The molecule has 1 fully saturated rings. The maximum atomic E-state index is 12.6. The minimum atomic E-state index is -4.99. The van der Waals surface area contributed by atoms with Gasteiger partial charge in [0, 0.05) is 13.0 Å². The number of aliphatic hydroxyl groups is 5. The number of hydrogen-bond donors (Lipinski definition) is 6. The SMILES string of the molecule is CCCCCCCCCCCCCOCC(COP(=O)(O)OC1C(O)C(O)C(O)C(O)C1O)OC(=O)CCCCCCCCC. The number of unbranched alkanes of at least 4 members (excludes halogenated alkanes) is 16. The largest absolute Gasteiger partial charge is 0.472 e. The summed E-state index contributed by atoms with van der Waals surface area (Å²) in [6, 6.07) is 0. The zero-order chi connectivity index (χ0) is 33.5. The molecule has 6 unspecified atom stereocenters. The number of rotatable bonds is 28. The van der Waals surface area contributed by atoms with Crippen molar-refractivity contribution < 1.29 is 58.3 Å². The van der Waals surface area contributed by atoms with Gasteiger partial charge in [-0.05, 0) is 12.8 Å². The number of phosphoric acid groups is 1. The Hall–Kier alpha value is -0.660.